The van der Waals surface area contributed by atoms with Gasteiger partial charge in [0.05, 0.1) is 6.04 Å². The summed E-state index contributed by atoms with van der Waals surface area (Å²) in [7, 11) is 0. The quantitative estimate of drug-likeness (QED) is 0.855. The Morgan fingerprint density at radius 1 is 1.26 bits per heavy atom. The standard InChI is InChI=1S/C15H21N3O/c1-5-16-14-7-6-8-15(18-14)17-11(3)13-9-10(2)19-12(13)4/h6-9,11H,5H2,1-4H3,(H2,16,17,18). The second kappa shape index (κ2) is 5.78. The predicted molar refractivity (Wildman–Crippen MR) is 78.6 cm³/mol. The van der Waals surface area contributed by atoms with Gasteiger partial charge in [-0.2, -0.15) is 0 Å². The van der Waals surface area contributed by atoms with Gasteiger partial charge in [-0.1, -0.05) is 6.07 Å². The lowest BCUT2D eigenvalue weighted by molar-refractivity contribution is 0.500. The average molecular weight is 259 g/mol. The van der Waals surface area contributed by atoms with Crippen LogP contribution in [-0.2, 0) is 0 Å². The van der Waals surface area contributed by atoms with E-state index in [2.05, 4.69) is 35.5 Å². The second-order valence-corrected chi connectivity index (χ2v) is 4.67. The van der Waals surface area contributed by atoms with E-state index in [1.807, 2.05) is 32.0 Å². The molecule has 4 nitrogen and oxygen atoms in total. The van der Waals surface area contributed by atoms with Crippen LogP contribution in [0.2, 0.25) is 0 Å². The van der Waals surface area contributed by atoms with E-state index in [0.29, 0.717) is 0 Å². The maximum absolute atomic E-state index is 5.56. The van der Waals surface area contributed by atoms with E-state index in [1.165, 1.54) is 5.56 Å². The van der Waals surface area contributed by atoms with Gasteiger partial charge < -0.3 is 15.1 Å². The van der Waals surface area contributed by atoms with Gasteiger partial charge in [0.15, 0.2) is 0 Å². The molecule has 0 radical (unpaired) electrons. The summed E-state index contributed by atoms with van der Waals surface area (Å²) in [6, 6.07) is 8.17. The van der Waals surface area contributed by atoms with Crippen LogP contribution in [0.15, 0.2) is 28.7 Å². The van der Waals surface area contributed by atoms with Gasteiger partial charge in [-0.25, -0.2) is 4.98 Å². The largest absolute Gasteiger partial charge is 0.466 e. The third-order valence-electron chi connectivity index (χ3n) is 3.02. The fourth-order valence-electron chi connectivity index (χ4n) is 2.17. The highest BCUT2D eigenvalue weighted by molar-refractivity contribution is 5.46. The van der Waals surface area contributed by atoms with Crippen molar-refractivity contribution in [3.8, 4) is 0 Å². The molecule has 4 heteroatoms. The molecule has 19 heavy (non-hydrogen) atoms. The minimum atomic E-state index is 0.168. The molecule has 1 unspecified atom stereocenters. The maximum atomic E-state index is 5.56. The molecule has 0 amide bonds. The Bertz CT molecular complexity index is 548. The lowest BCUT2D eigenvalue weighted by atomic mass is 10.1. The normalized spacial score (nSPS) is 12.2. The lowest BCUT2D eigenvalue weighted by Gasteiger charge is -2.14. The Morgan fingerprint density at radius 3 is 2.63 bits per heavy atom. The monoisotopic (exact) mass is 259 g/mol. The molecule has 2 heterocycles. The Kier molecular flexibility index (Phi) is 4.10. The molecule has 0 saturated heterocycles. The van der Waals surface area contributed by atoms with Gasteiger partial charge >= 0.3 is 0 Å². The molecule has 0 bridgehead atoms. The number of hydrogen-bond donors (Lipinski definition) is 2. The van der Waals surface area contributed by atoms with E-state index in [4.69, 9.17) is 4.42 Å². The smallest absolute Gasteiger partial charge is 0.128 e. The molecule has 0 fully saturated rings. The molecule has 2 aromatic heterocycles. The molecule has 0 aliphatic rings. The predicted octanol–water partition coefficient (Wildman–Crippen LogP) is 3.90. The number of hydrogen-bond acceptors (Lipinski definition) is 4. The number of rotatable bonds is 5. The van der Waals surface area contributed by atoms with E-state index in [1.54, 1.807) is 0 Å². The van der Waals surface area contributed by atoms with Crippen LogP contribution in [0.1, 0.15) is 37.0 Å². The zero-order chi connectivity index (χ0) is 13.8. The van der Waals surface area contributed by atoms with Crippen LogP contribution in [0.25, 0.3) is 0 Å². The number of aryl methyl sites for hydroxylation is 2. The first-order chi connectivity index (χ1) is 9.10. The van der Waals surface area contributed by atoms with Gasteiger partial charge in [0.1, 0.15) is 23.2 Å². The molecule has 2 rings (SSSR count). The molecule has 0 aromatic carbocycles. The molecular weight excluding hydrogens is 238 g/mol. The minimum Gasteiger partial charge on any atom is -0.466 e. The van der Waals surface area contributed by atoms with Crippen LogP contribution in [-0.4, -0.2) is 11.5 Å². The van der Waals surface area contributed by atoms with Crippen molar-refractivity contribution in [2.45, 2.75) is 33.7 Å². The molecule has 0 aliphatic carbocycles. The third-order valence-corrected chi connectivity index (χ3v) is 3.02. The van der Waals surface area contributed by atoms with Gasteiger partial charge in [0.2, 0.25) is 0 Å². The number of furan rings is 1. The molecule has 0 spiro atoms. The molecule has 2 N–H and O–H groups in total. The first kappa shape index (κ1) is 13.5. The van der Waals surface area contributed by atoms with Crippen LogP contribution >= 0.6 is 0 Å². The summed E-state index contributed by atoms with van der Waals surface area (Å²) in [5, 5.41) is 6.61. The Balaban J connectivity index is 2.12. The first-order valence-corrected chi connectivity index (χ1v) is 6.64. The number of pyridine rings is 1. The van der Waals surface area contributed by atoms with Gasteiger partial charge in [0.25, 0.3) is 0 Å². The van der Waals surface area contributed by atoms with E-state index in [0.717, 1.165) is 29.7 Å². The summed E-state index contributed by atoms with van der Waals surface area (Å²) in [4.78, 5) is 4.51. The topological polar surface area (TPSA) is 50.1 Å². The van der Waals surface area contributed by atoms with Gasteiger partial charge in [0, 0.05) is 12.1 Å². The van der Waals surface area contributed by atoms with Crippen LogP contribution in [0, 0.1) is 13.8 Å². The van der Waals surface area contributed by atoms with E-state index < -0.39 is 0 Å². The van der Waals surface area contributed by atoms with Crippen LogP contribution in [0.3, 0.4) is 0 Å². The fourth-order valence-corrected chi connectivity index (χ4v) is 2.17. The van der Waals surface area contributed by atoms with Gasteiger partial charge in [-0.3, -0.25) is 0 Å². The molecular formula is C15H21N3O. The summed E-state index contributed by atoms with van der Waals surface area (Å²) in [6.07, 6.45) is 0. The van der Waals surface area contributed by atoms with Crippen molar-refractivity contribution >= 4 is 11.6 Å². The van der Waals surface area contributed by atoms with E-state index in [-0.39, 0.29) is 6.04 Å². The van der Waals surface area contributed by atoms with Gasteiger partial charge in [-0.05, 0) is 45.9 Å². The van der Waals surface area contributed by atoms with Crippen molar-refractivity contribution in [3.05, 3.63) is 41.3 Å². The summed E-state index contributed by atoms with van der Waals surface area (Å²) in [5.74, 6) is 3.65. The molecule has 102 valence electrons. The Labute approximate surface area is 114 Å². The van der Waals surface area contributed by atoms with Crippen molar-refractivity contribution in [3.63, 3.8) is 0 Å². The fraction of sp³-hybridized carbons (Fsp3) is 0.400. The van der Waals surface area contributed by atoms with E-state index >= 15 is 0 Å². The van der Waals surface area contributed by atoms with E-state index in [9.17, 15) is 0 Å². The number of aromatic nitrogens is 1. The Morgan fingerprint density at radius 2 is 2.00 bits per heavy atom. The average Bonchev–Trinajstić information content (AvgIpc) is 2.69. The zero-order valence-electron chi connectivity index (χ0n) is 11.9. The number of anilines is 2. The maximum Gasteiger partial charge on any atom is 0.128 e. The van der Waals surface area contributed by atoms with Crippen molar-refractivity contribution in [1.82, 2.24) is 4.98 Å². The SMILES string of the molecule is CCNc1cccc(NC(C)c2cc(C)oc2C)n1. The molecule has 1 atom stereocenters. The van der Waals surface area contributed by atoms with Crippen molar-refractivity contribution in [2.24, 2.45) is 0 Å². The Hall–Kier alpha value is -1.97. The van der Waals surface area contributed by atoms with Crippen LogP contribution in [0.5, 0.6) is 0 Å². The summed E-state index contributed by atoms with van der Waals surface area (Å²) in [6.45, 7) is 8.99. The highest BCUT2D eigenvalue weighted by Crippen LogP contribution is 2.24. The molecule has 0 saturated carbocycles. The first-order valence-electron chi connectivity index (χ1n) is 6.64. The minimum absolute atomic E-state index is 0.168. The number of nitrogens with zero attached hydrogens (tertiary/aromatic N) is 1. The summed E-state index contributed by atoms with van der Waals surface area (Å²) >= 11 is 0. The van der Waals surface area contributed by atoms with Crippen molar-refractivity contribution < 1.29 is 4.42 Å². The van der Waals surface area contributed by atoms with Crippen LogP contribution in [0.4, 0.5) is 11.6 Å². The number of nitrogens with one attached hydrogen (secondary N) is 2. The molecule has 2 aromatic rings. The van der Waals surface area contributed by atoms with Crippen LogP contribution < -0.4 is 10.6 Å². The van der Waals surface area contributed by atoms with Crippen molar-refractivity contribution in [2.75, 3.05) is 17.2 Å². The zero-order valence-corrected chi connectivity index (χ0v) is 11.9. The van der Waals surface area contributed by atoms with Crippen molar-refractivity contribution in [1.29, 1.82) is 0 Å². The highest BCUT2D eigenvalue weighted by Gasteiger charge is 2.13. The lowest BCUT2D eigenvalue weighted by Crippen LogP contribution is -2.09. The second-order valence-electron chi connectivity index (χ2n) is 4.67. The van der Waals surface area contributed by atoms with Gasteiger partial charge in [-0.15, -0.1) is 0 Å². The summed E-state index contributed by atoms with van der Waals surface area (Å²) in [5.41, 5.74) is 1.17. The third kappa shape index (κ3) is 3.28. The highest BCUT2D eigenvalue weighted by atomic mass is 16.3. The molecule has 0 aliphatic heterocycles. The summed E-state index contributed by atoms with van der Waals surface area (Å²) < 4.78 is 5.56.